The van der Waals surface area contributed by atoms with Crippen molar-refractivity contribution in [2.24, 2.45) is 89.0 Å². The van der Waals surface area contributed by atoms with E-state index in [0.717, 1.165) is 23.2 Å². The number of nitrogens with zero attached hydrogens (tertiary/aromatic N) is 5. The van der Waals surface area contributed by atoms with E-state index in [1.807, 2.05) is 87.4 Å². The van der Waals surface area contributed by atoms with Crippen molar-refractivity contribution in [2.45, 2.75) is 196 Å². The van der Waals surface area contributed by atoms with Crippen LogP contribution in [0.5, 0.6) is 0 Å². The number of imidazole rings is 1. The van der Waals surface area contributed by atoms with Gasteiger partial charge in [0, 0.05) is 125 Å². The van der Waals surface area contributed by atoms with Gasteiger partial charge in [0.25, 0.3) is 0 Å². The number of fused-ring (bicyclic) bond motifs is 7. The van der Waals surface area contributed by atoms with E-state index in [-0.39, 0.29) is 70.3 Å². The van der Waals surface area contributed by atoms with E-state index in [2.05, 4.69) is 22.5 Å². The fraction of sp³-hybridized carbons (Fsp3) is 0.645. The maximum atomic E-state index is 14.4. The number of nitrogens with two attached hydrogens (primary N) is 5. The minimum atomic E-state index is -5.05. The van der Waals surface area contributed by atoms with Gasteiger partial charge in [-0.2, -0.15) is 0 Å². The standard InChI is InChI=1S/C62H91N12O13P/c1-13-14-35-39-24-43-58(7,8)36(15-17-44(63)76)50(71-43)33(5)54-59(9,20-19-49(81)68-27-32(4)86-88(83,84)87-53-42(28-75)85-57(52(53)82)74-29-69-40-21-30(2)31(3)22-41(40)74)38(23-46(65)78)56(72-54)62(12)61(11,26-48(67)80)37(16-18-45(64)77)51(73-62)34(6)55(70-39)60(35,10)25-47(66)79/h21-22,24,29,32,35-38,42,52-53,56-57,70,75,82H,13-20,23,25-28H2,1-12H3,(H2,63,76)(H2,64,77)(H2,65,78)(H2,66,79)(H2,67,80)(H,68,81)(H,83,84)/t32-,35-,36-,37-,38+,42-,52?,53?,56-,57?,59-,60+,61+,62+/m1/s1. The quantitative estimate of drug-likeness (QED) is 0.0603. The first-order valence-corrected chi connectivity index (χ1v) is 31.9. The van der Waals surface area contributed by atoms with E-state index < -0.39 is 132 Å². The highest BCUT2D eigenvalue weighted by Crippen LogP contribution is 2.63. The van der Waals surface area contributed by atoms with Gasteiger partial charge in [-0.1, -0.05) is 48.0 Å². The molecule has 2 saturated heterocycles. The summed E-state index contributed by atoms with van der Waals surface area (Å²) in [5.74, 6) is -5.78. The summed E-state index contributed by atoms with van der Waals surface area (Å²) in [6, 6.07) is 2.77. The number of rotatable bonds is 25. The summed E-state index contributed by atoms with van der Waals surface area (Å²) in [7, 11) is -5.05. The van der Waals surface area contributed by atoms with Crippen LogP contribution in [0.25, 0.3) is 11.0 Å². The molecule has 0 spiro atoms. The average Bonchev–Trinajstić information content (AvgIpc) is 1.54. The average molecular weight is 1240 g/mol. The van der Waals surface area contributed by atoms with Gasteiger partial charge in [0.15, 0.2) is 6.23 Å². The molecule has 2 fully saturated rings. The van der Waals surface area contributed by atoms with Gasteiger partial charge in [0.05, 0.1) is 41.7 Å². The van der Waals surface area contributed by atoms with E-state index in [1.165, 1.54) is 13.3 Å². The lowest BCUT2D eigenvalue weighted by molar-refractivity contribution is -0.124. The van der Waals surface area contributed by atoms with Crippen LogP contribution < -0.4 is 39.3 Å². The topological polar surface area (TPSA) is 417 Å². The summed E-state index contributed by atoms with van der Waals surface area (Å²) >= 11 is 0. The first-order chi connectivity index (χ1) is 41.0. The van der Waals surface area contributed by atoms with E-state index in [1.54, 1.807) is 4.57 Å². The number of phosphoric acid groups is 1. The van der Waals surface area contributed by atoms with Crippen molar-refractivity contribution < 1.29 is 62.2 Å². The Hall–Kier alpha value is -6.47. The molecule has 8 rings (SSSR count). The minimum Gasteiger partial charge on any atom is -0.394 e. The molecule has 482 valence electrons. The number of aromatic nitrogens is 2. The molecule has 0 aliphatic carbocycles. The van der Waals surface area contributed by atoms with Crippen molar-refractivity contribution >= 4 is 71.4 Å². The van der Waals surface area contributed by atoms with E-state index in [9.17, 15) is 48.4 Å². The number of hydrogen-bond donors (Lipinski definition) is 10. The second kappa shape index (κ2) is 25.1. The molecule has 0 saturated carbocycles. The molecule has 6 aliphatic heterocycles. The number of hydrogen-bond acceptors (Lipinski definition) is 17. The molecule has 25 nitrogen and oxygen atoms in total. The number of carbonyl (C=O) groups excluding carboxylic acids is 6. The third-order valence-corrected chi connectivity index (χ3v) is 21.6. The molecule has 26 heteroatoms. The Kier molecular flexibility index (Phi) is 19.2. The number of nitrogens with one attached hydrogen (secondary N) is 2. The summed E-state index contributed by atoms with van der Waals surface area (Å²) < 4.78 is 32.3. The molecule has 1 aromatic heterocycles. The van der Waals surface area contributed by atoms with Gasteiger partial charge in [-0.15, -0.1) is 0 Å². The summed E-state index contributed by atoms with van der Waals surface area (Å²) in [6.07, 6.45) is -2.22. The van der Waals surface area contributed by atoms with Crippen LogP contribution in [0.15, 0.2) is 67.8 Å². The number of phosphoric ester groups is 1. The minimum absolute atomic E-state index is 0.0122. The van der Waals surface area contributed by atoms with E-state index in [4.69, 9.17) is 57.4 Å². The molecule has 15 atom stereocenters. The largest absolute Gasteiger partial charge is 0.472 e. The highest BCUT2D eigenvalue weighted by Gasteiger charge is 2.66. The van der Waals surface area contributed by atoms with Crippen molar-refractivity contribution in [3.8, 4) is 0 Å². The van der Waals surface area contributed by atoms with Crippen LogP contribution in [0.3, 0.4) is 0 Å². The number of aliphatic hydroxyl groups excluding tert-OH is 2. The number of aliphatic hydroxyl groups is 2. The number of carbonyl (C=O) groups is 6. The van der Waals surface area contributed by atoms with Crippen LogP contribution >= 0.6 is 7.82 Å². The zero-order valence-corrected chi connectivity index (χ0v) is 53.7. The summed E-state index contributed by atoms with van der Waals surface area (Å²) in [4.78, 5) is 113. The Bertz CT molecular complexity index is 3420. The molecule has 2 aromatic rings. The molecule has 4 unspecified atom stereocenters. The summed E-state index contributed by atoms with van der Waals surface area (Å²) in [5, 5.41) is 28.3. The Morgan fingerprint density at radius 2 is 1.48 bits per heavy atom. The van der Waals surface area contributed by atoms with E-state index in [0.29, 0.717) is 57.1 Å². The van der Waals surface area contributed by atoms with Gasteiger partial charge in [-0.05, 0) is 108 Å². The lowest BCUT2D eigenvalue weighted by atomic mass is 9.55. The maximum absolute atomic E-state index is 14.4. The Morgan fingerprint density at radius 3 is 2.08 bits per heavy atom. The fourth-order valence-electron chi connectivity index (χ4n) is 15.4. The number of benzene rings is 1. The monoisotopic (exact) mass is 1240 g/mol. The van der Waals surface area contributed by atoms with Gasteiger partial charge in [-0.25, -0.2) is 9.55 Å². The molecule has 8 bridgehead atoms. The molecule has 15 N–H and O–H groups in total. The molecule has 6 amide bonds. The Balaban J connectivity index is 1.18. The highest BCUT2D eigenvalue weighted by molar-refractivity contribution is 7.47. The lowest BCUT2D eigenvalue weighted by Crippen LogP contribution is -2.56. The van der Waals surface area contributed by atoms with Gasteiger partial charge in [0.2, 0.25) is 35.4 Å². The molecular formula is C62H91N12O13P. The van der Waals surface area contributed by atoms with Gasteiger partial charge in [-0.3, -0.25) is 52.8 Å². The van der Waals surface area contributed by atoms with Crippen molar-refractivity contribution in [3.05, 3.63) is 63.9 Å². The van der Waals surface area contributed by atoms with Gasteiger partial charge < -0.3 is 63.7 Å². The molecule has 0 radical (unpaired) electrons. The molecule has 6 aliphatic rings. The Morgan fingerprint density at radius 1 is 0.841 bits per heavy atom. The van der Waals surface area contributed by atoms with E-state index >= 15 is 0 Å². The first kappa shape index (κ1) is 67.5. The second-order valence-electron chi connectivity index (χ2n) is 26.9. The highest BCUT2D eigenvalue weighted by atomic mass is 31.2. The SMILES string of the molecule is CCC[C@@H]1C2=CC3=NC(=C(C)C4=N[C@H]([C@H](CC(N)=O)[C@@]4(C)CCC(=O)NC[C@@H](C)OP(=O)(O)OC4C(O)C(n5cnc6cc(C)c(C)cc65)O[C@@H]4CO)[C@]4(C)N=C(C(C)=C(N2)[C@@]1(C)CC(N)=O)[C@@H](CCC(N)=O)[C@]4(C)CC(N)=O)[C@@H](CCC(N)=O)C3(C)C. The van der Waals surface area contributed by atoms with Gasteiger partial charge >= 0.3 is 7.82 Å². The summed E-state index contributed by atoms with van der Waals surface area (Å²) in [6.45, 7) is 21.9. The molecule has 88 heavy (non-hydrogen) atoms. The zero-order valence-electron chi connectivity index (χ0n) is 52.8. The lowest BCUT2D eigenvalue weighted by Gasteiger charge is -2.48. The fourth-order valence-corrected chi connectivity index (χ4v) is 16.6. The number of ether oxygens (including phenoxy) is 1. The Labute approximate surface area is 513 Å². The van der Waals surface area contributed by atoms with Crippen molar-refractivity contribution in [1.29, 1.82) is 0 Å². The van der Waals surface area contributed by atoms with Crippen LogP contribution in [0.2, 0.25) is 0 Å². The van der Waals surface area contributed by atoms with Crippen LogP contribution in [0, 0.1) is 59.2 Å². The van der Waals surface area contributed by atoms with Crippen molar-refractivity contribution in [1.82, 2.24) is 20.2 Å². The number of amides is 6. The van der Waals surface area contributed by atoms with Crippen LogP contribution in [-0.4, -0.2) is 126 Å². The van der Waals surface area contributed by atoms with Crippen molar-refractivity contribution in [3.63, 3.8) is 0 Å². The maximum Gasteiger partial charge on any atom is 0.472 e. The first-order valence-electron chi connectivity index (χ1n) is 30.4. The summed E-state index contributed by atoms with van der Waals surface area (Å²) in [5.41, 5.74) is 33.0. The smallest absolute Gasteiger partial charge is 0.394 e. The van der Waals surface area contributed by atoms with Crippen LogP contribution in [0.4, 0.5) is 0 Å². The third-order valence-electron chi connectivity index (χ3n) is 20.5. The predicted molar refractivity (Wildman–Crippen MR) is 330 cm³/mol. The molecular weight excluding hydrogens is 1150 g/mol. The number of allylic oxidation sites excluding steroid dienone is 6. The van der Waals surface area contributed by atoms with Crippen LogP contribution in [-0.2, 0) is 47.1 Å². The molecule has 7 heterocycles. The van der Waals surface area contributed by atoms with Gasteiger partial charge in [0.1, 0.15) is 18.3 Å². The zero-order chi connectivity index (χ0) is 65.1. The third kappa shape index (κ3) is 12.4. The number of aliphatic imine (C=N–C) groups is 3. The van der Waals surface area contributed by atoms with Crippen LogP contribution in [0.1, 0.15) is 157 Å². The number of aryl methyl sites for hydroxylation is 2. The molecule has 1 aromatic carbocycles. The predicted octanol–water partition coefficient (Wildman–Crippen LogP) is 4.70. The van der Waals surface area contributed by atoms with Crippen molar-refractivity contribution in [2.75, 3.05) is 13.2 Å². The number of primary amides is 5. The normalized spacial score (nSPS) is 32.6. The second-order valence-corrected chi connectivity index (χ2v) is 28.2.